The van der Waals surface area contributed by atoms with Crippen molar-refractivity contribution in [3.8, 4) is 16.9 Å². The predicted octanol–water partition coefficient (Wildman–Crippen LogP) is 0.582. The van der Waals surface area contributed by atoms with Gasteiger partial charge < -0.3 is 38.3 Å². The molecule has 1 atom stereocenters. The molecule has 132 valence electrons. The van der Waals surface area contributed by atoms with Gasteiger partial charge in [0, 0.05) is 0 Å². The van der Waals surface area contributed by atoms with Crippen LogP contribution in [0.3, 0.4) is 0 Å². The van der Waals surface area contributed by atoms with Crippen LogP contribution in [0.25, 0.3) is 11.1 Å². The molecule has 2 rings (SSSR count). The van der Waals surface area contributed by atoms with E-state index in [1.54, 1.807) is 0 Å². The minimum absolute atomic E-state index is 0. The van der Waals surface area contributed by atoms with Crippen LogP contribution in [-0.2, 0) is 0 Å². The molecular formula is C20H28INO2. The van der Waals surface area contributed by atoms with Gasteiger partial charge in [0.05, 0.1) is 20.1 Å². The summed E-state index contributed by atoms with van der Waals surface area (Å²) in [4.78, 5) is 0. The van der Waals surface area contributed by atoms with E-state index in [1.165, 1.54) is 5.56 Å². The number of hydrogen-bond donors (Lipinski definition) is 1. The smallest absolute Gasteiger partial charge is 0.137 e. The monoisotopic (exact) mass is 441 g/mol. The van der Waals surface area contributed by atoms with Crippen molar-refractivity contribution in [1.29, 1.82) is 0 Å². The number of ether oxygens (including phenoxy) is 1. The van der Waals surface area contributed by atoms with Crippen LogP contribution in [0.15, 0.2) is 54.6 Å². The molecule has 0 aliphatic carbocycles. The van der Waals surface area contributed by atoms with Crippen molar-refractivity contribution in [3.05, 3.63) is 54.6 Å². The largest absolute Gasteiger partial charge is 1.00 e. The van der Waals surface area contributed by atoms with E-state index < -0.39 is 6.10 Å². The van der Waals surface area contributed by atoms with E-state index in [-0.39, 0.29) is 24.0 Å². The summed E-state index contributed by atoms with van der Waals surface area (Å²) in [5.74, 6) is 0.790. The lowest BCUT2D eigenvalue weighted by Crippen LogP contribution is -3.00. The van der Waals surface area contributed by atoms with Crippen LogP contribution in [0, 0.1) is 0 Å². The van der Waals surface area contributed by atoms with Crippen LogP contribution < -0.4 is 28.7 Å². The third-order valence-electron chi connectivity index (χ3n) is 4.48. The van der Waals surface area contributed by atoms with Crippen LogP contribution in [-0.4, -0.2) is 49.0 Å². The highest BCUT2D eigenvalue weighted by atomic mass is 127. The molecule has 24 heavy (non-hydrogen) atoms. The molecular weight excluding hydrogens is 413 g/mol. The molecule has 0 fully saturated rings. The van der Waals surface area contributed by atoms with Crippen molar-refractivity contribution in [3.63, 3.8) is 0 Å². The maximum atomic E-state index is 10.2. The van der Waals surface area contributed by atoms with Crippen molar-refractivity contribution >= 4 is 0 Å². The molecule has 0 saturated heterocycles. The molecule has 2 aromatic rings. The highest BCUT2D eigenvalue weighted by Crippen LogP contribution is 2.22. The van der Waals surface area contributed by atoms with Gasteiger partial charge in [-0.3, -0.25) is 0 Å². The fourth-order valence-electron chi connectivity index (χ4n) is 2.37. The first-order valence-corrected chi connectivity index (χ1v) is 8.17. The van der Waals surface area contributed by atoms with Crippen LogP contribution in [0.1, 0.15) is 13.8 Å². The molecule has 0 aliphatic heterocycles. The van der Waals surface area contributed by atoms with E-state index in [0.29, 0.717) is 19.2 Å². The fraction of sp³-hybridized carbons (Fsp3) is 0.400. The van der Waals surface area contributed by atoms with Gasteiger partial charge in [0.2, 0.25) is 0 Å². The van der Waals surface area contributed by atoms with Gasteiger partial charge in [-0.15, -0.1) is 0 Å². The number of nitrogens with zero attached hydrogens (tertiary/aromatic N) is 1. The highest BCUT2D eigenvalue weighted by molar-refractivity contribution is 5.63. The van der Waals surface area contributed by atoms with Gasteiger partial charge in [-0.2, -0.15) is 0 Å². The molecule has 0 radical (unpaired) electrons. The average Bonchev–Trinajstić information content (AvgIpc) is 2.54. The Kier molecular flexibility index (Phi) is 8.19. The first kappa shape index (κ1) is 20.9. The Morgan fingerprint density at radius 3 is 2.00 bits per heavy atom. The standard InChI is InChI=1S/C20H28NO2.HI/c1-16(2)21(3,4)14-19(22)15-23-20-12-10-18(11-13-20)17-8-6-5-7-9-17;/h5-13,16,19,22H,14-15H2,1-4H3;1H/q+1;/p-1. The van der Waals surface area contributed by atoms with E-state index in [0.717, 1.165) is 15.8 Å². The predicted molar refractivity (Wildman–Crippen MR) is 95.5 cm³/mol. The highest BCUT2D eigenvalue weighted by Gasteiger charge is 2.24. The normalized spacial score (nSPS) is 12.6. The summed E-state index contributed by atoms with van der Waals surface area (Å²) in [6.45, 7) is 5.32. The Morgan fingerprint density at radius 1 is 0.917 bits per heavy atom. The number of aliphatic hydroxyl groups excluding tert-OH is 1. The molecule has 1 unspecified atom stereocenters. The Balaban J connectivity index is 0.00000288. The summed E-state index contributed by atoms with van der Waals surface area (Å²) in [5, 5.41) is 10.2. The van der Waals surface area contributed by atoms with Crippen LogP contribution >= 0.6 is 0 Å². The fourth-order valence-corrected chi connectivity index (χ4v) is 2.37. The van der Waals surface area contributed by atoms with Gasteiger partial charge in [-0.05, 0) is 37.1 Å². The number of quaternary nitrogens is 1. The van der Waals surface area contributed by atoms with Crippen LogP contribution in [0.5, 0.6) is 5.75 Å². The minimum Gasteiger partial charge on any atom is -1.00 e. The second-order valence-corrected chi connectivity index (χ2v) is 6.91. The zero-order valence-electron chi connectivity index (χ0n) is 14.9. The van der Waals surface area contributed by atoms with Crippen LogP contribution in [0.4, 0.5) is 0 Å². The third-order valence-corrected chi connectivity index (χ3v) is 4.48. The van der Waals surface area contributed by atoms with Crippen molar-refractivity contribution in [2.75, 3.05) is 27.2 Å². The van der Waals surface area contributed by atoms with Crippen molar-refractivity contribution in [2.24, 2.45) is 0 Å². The molecule has 3 nitrogen and oxygen atoms in total. The lowest BCUT2D eigenvalue weighted by Gasteiger charge is -2.35. The van der Waals surface area contributed by atoms with Gasteiger partial charge in [-0.1, -0.05) is 42.5 Å². The summed E-state index contributed by atoms with van der Waals surface area (Å²) >= 11 is 0. The van der Waals surface area contributed by atoms with Crippen molar-refractivity contribution in [2.45, 2.75) is 26.0 Å². The zero-order valence-corrected chi connectivity index (χ0v) is 17.1. The van der Waals surface area contributed by atoms with E-state index >= 15 is 0 Å². The van der Waals surface area contributed by atoms with Crippen molar-refractivity contribution < 1.29 is 38.3 Å². The summed E-state index contributed by atoms with van der Waals surface area (Å²) in [7, 11) is 4.26. The number of rotatable bonds is 7. The van der Waals surface area contributed by atoms with Gasteiger partial charge in [0.25, 0.3) is 0 Å². The molecule has 0 heterocycles. The first-order valence-electron chi connectivity index (χ1n) is 8.17. The lowest BCUT2D eigenvalue weighted by molar-refractivity contribution is -0.914. The van der Waals surface area contributed by atoms with E-state index in [2.05, 4.69) is 40.1 Å². The molecule has 0 aliphatic rings. The Hall–Kier alpha value is -1.11. The maximum absolute atomic E-state index is 10.2. The maximum Gasteiger partial charge on any atom is 0.137 e. The zero-order chi connectivity index (χ0) is 16.9. The minimum atomic E-state index is -0.471. The second-order valence-electron chi connectivity index (χ2n) is 6.91. The first-order chi connectivity index (χ1) is 10.9. The second kappa shape index (κ2) is 9.39. The van der Waals surface area contributed by atoms with Crippen LogP contribution in [0.2, 0.25) is 0 Å². The molecule has 0 bridgehead atoms. The number of hydrogen-bond acceptors (Lipinski definition) is 2. The van der Waals surface area contributed by atoms with Gasteiger partial charge in [0.1, 0.15) is 25.0 Å². The molecule has 1 N–H and O–H groups in total. The average molecular weight is 441 g/mol. The van der Waals surface area contributed by atoms with Gasteiger partial charge in [0.15, 0.2) is 0 Å². The van der Waals surface area contributed by atoms with Gasteiger partial charge >= 0.3 is 0 Å². The number of halogens is 1. The molecule has 0 aromatic heterocycles. The lowest BCUT2D eigenvalue weighted by atomic mass is 10.1. The molecule has 0 amide bonds. The Bertz CT molecular complexity index is 597. The number of likely N-dealkylation sites (N-methyl/N-ethyl adjacent to an activating group) is 1. The SMILES string of the molecule is CC(C)[N+](C)(C)CC(O)COc1ccc(-c2ccccc2)cc1.[I-]. The van der Waals surface area contributed by atoms with E-state index in [9.17, 15) is 5.11 Å². The van der Waals surface area contributed by atoms with Gasteiger partial charge in [-0.25, -0.2) is 0 Å². The molecule has 0 saturated carbocycles. The summed E-state index contributed by atoms with van der Waals surface area (Å²) in [6.07, 6.45) is -0.471. The quantitative estimate of drug-likeness (QED) is 0.504. The summed E-state index contributed by atoms with van der Waals surface area (Å²) < 4.78 is 6.50. The molecule has 4 heteroatoms. The number of aliphatic hydroxyl groups is 1. The Morgan fingerprint density at radius 2 is 1.46 bits per heavy atom. The van der Waals surface area contributed by atoms with E-state index in [4.69, 9.17) is 4.74 Å². The number of benzene rings is 2. The van der Waals surface area contributed by atoms with Crippen molar-refractivity contribution in [1.82, 2.24) is 0 Å². The Labute approximate surface area is 162 Å². The topological polar surface area (TPSA) is 29.5 Å². The summed E-state index contributed by atoms with van der Waals surface area (Å²) in [5.41, 5.74) is 2.35. The molecule has 2 aromatic carbocycles. The third kappa shape index (κ3) is 6.07. The van der Waals surface area contributed by atoms with E-state index in [1.807, 2.05) is 42.5 Å². The molecule has 0 spiro atoms. The summed E-state index contributed by atoms with van der Waals surface area (Å²) in [6, 6.07) is 18.7.